The summed E-state index contributed by atoms with van der Waals surface area (Å²) in [5.41, 5.74) is 10.3. The summed E-state index contributed by atoms with van der Waals surface area (Å²) < 4.78 is 0. The third kappa shape index (κ3) is 4.11. The summed E-state index contributed by atoms with van der Waals surface area (Å²) in [7, 11) is 1.42. The molecule has 0 saturated heterocycles. The summed E-state index contributed by atoms with van der Waals surface area (Å²) >= 11 is 0. The van der Waals surface area contributed by atoms with Crippen molar-refractivity contribution >= 4 is 0 Å². The summed E-state index contributed by atoms with van der Waals surface area (Å²) in [4.78, 5) is 9.26. The summed E-state index contributed by atoms with van der Waals surface area (Å²) in [5.74, 6) is 0.730. The Morgan fingerprint density at radius 3 is 2.65 bits per heavy atom. The number of aromatic hydroxyl groups is 1. The topological polar surface area (TPSA) is 64.7 Å². The maximum atomic E-state index is 9.79. The second-order valence-electron chi connectivity index (χ2n) is 4.88. The minimum atomic E-state index is -0.159. The molecule has 1 unspecified atom stereocenters. The minimum absolute atomic E-state index is 0.159. The lowest BCUT2D eigenvalue weighted by Crippen LogP contribution is -2.21. The number of phenols is 1. The first-order valence-electron chi connectivity index (χ1n) is 6.48. The van der Waals surface area contributed by atoms with Crippen molar-refractivity contribution in [1.29, 1.82) is 0 Å². The monoisotopic (exact) mass is 277 g/mol. The minimum Gasteiger partial charge on any atom is -0.508 e. The molecule has 0 fully saturated rings. The van der Waals surface area contributed by atoms with E-state index in [9.17, 15) is 5.11 Å². The van der Waals surface area contributed by atoms with Crippen LogP contribution in [-0.4, -0.2) is 18.3 Å². The molecule has 0 spiro atoms. The van der Waals surface area contributed by atoms with Gasteiger partial charge in [-0.2, -0.15) is 4.89 Å². The van der Waals surface area contributed by atoms with Crippen LogP contribution in [0.4, 0.5) is 0 Å². The van der Waals surface area contributed by atoms with Gasteiger partial charge >= 0.3 is 0 Å². The van der Waals surface area contributed by atoms with Crippen molar-refractivity contribution in [3.63, 3.8) is 0 Å². The van der Waals surface area contributed by atoms with E-state index in [4.69, 9.17) is 10.6 Å². The molecule has 0 radical (unpaired) electrons. The molecule has 0 aromatic heterocycles. The van der Waals surface area contributed by atoms with Gasteiger partial charge in [0.1, 0.15) is 5.75 Å². The van der Waals surface area contributed by atoms with Crippen LogP contribution in [0.1, 0.15) is 22.3 Å². The Hall–Kier alpha value is -1.78. The fourth-order valence-electron chi connectivity index (χ4n) is 2.10. The van der Waals surface area contributed by atoms with Gasteiger partial charge in [0.05, 0.1) is 7.11 Å². The van der Waals surface area contributed by atoms with E-state index < -0.39 is 0 Å². The van der Waals surface area contributed by atoms with Gasteiger partial charge in [0.2, 0.25) is 0 Å². The maximum absolute atomic E-state index is 9.79. The molecule has 4 nitrogen and oxygen atoms in total. The van der Waals surface area contributed by atoms with Gasteiger partial charge in [0.15, 0.2) is 5.76 Å². The average molecular weight is 277 g/mol. The highest BCUT2D eigenvalue weighted by Crippen LogP contribution is 2.27. The third-order valence-corrected chi connectivity index (χ3v) is 3.39. The predicted molar refractivity (Wildman–Crippen MR) is 80.4 cm³/mol. The molecule has 3 N–H and O–H groups in total. The van der Waals surface area contributed by atoms with Gasteiger partial charge < -0.3 is 15.7 Å². The first-order chi connectivity index (χ1) is 9.36. The van der Waals surface area contributed by atoms with Crippen molar-refractivity contribution in [1.82, 2.24) is 0 Å². The molecule has 0 bridgehead atoms. The molecule has 0 aliphatic heterocycles. The number of hydrogen-bond donors (Lipinski definition) is 2. The lowest BCUT2D eigenvalue weighted by atomic mass is 9.92. The standard InChI is InChI=1S/C16H23NO3/c1-10-8-16(18)13(4)12(3)15(10)9-14(17)7-6-11(2)20-19-5/h6-8,14,18H,2,9,17H2,1,3-5H3/b7-6-. The Kier molecular flexibility index (Phi) is 5.80. The average Bonchev–Trinajstić information content (AvgIpc) is 2.39. The molecule has 1 atom stereocenters. The molecule has 1 rings (SSSR count). The lowest BCUT2D eigenvalue weighted by Gasteiger charge is -2.16. The van der Waals surface area contributed by atoms with E-state index >= 15 is 0 Å². The van der Waals surface area contributed by atoms with Crippen LogP contribution in [-0.2, 0) is 16.2 Å². The number of rotatable bonds is 6. The molecular weight excluding hydrogens is 254 g/mol. The van der Waals surface area contributed by atoms with Gasteiger partial charge in [-0.05, 0) is 61.6 Å². The first kappa shape index (κ1) is 16.3. The SMILES string of the molecule is C=C(/C=C\C(N)Cc1c(C)cc(O)c(C)c1C)OOC. The van der Waals surface area contributed by atoms with Crippen LogP contribution in [0.5, 0.6) is 5.75 Å². The third-order valence-electron chi connectivity index (χ3n) is 3.39. The van der Waals surface area contributed by atoms with Gasteiger partial charge in [-0.3, -0.25) is 0 Å². The zero-order chi connectivity index (χ0) is 15.3. The highest BCUT2D eigenvalue weighted by Gasteiger charge is 2.11. The van der Waals surface area contributed by atoms with E-state index in [0.29, 0.717) is 17.9 Å². The first-order valence-corrected chi connectivity index (χ1v) is 6.48. The zero-order valence-corrected chi connectivity index (χ0v) is 12.6. The Bertz CT molecular complexity index is 521. The molecule has 0 aliphatic carbocycles. The van der Waals surface area contributed by atoms with E-state index in [0.717, 1.165) is 22.3 Å². The van der Waals surface area contributed by atoms with Crippen molar-refractivity contribution < 1.29 is 14.9 Å². The Morgan fingerprint density at radius 1 is 1.40 bits per heavy atom. The number of nitrogens with two attached hydrogens (primary N) is 1. The highest BCUT2D eigenvalue weighted by atomic mass is 17.2. The summed E-state index contributed by atoms with van der Waals surface area (Å²) in [5, 5.41) is 9.79. The number of benzene rings is 1. The predicted octanol–water partition coefficient (Wildman–Crippen LogP) is 2.84. The van der Waals surface area contributed by atoms with Crippen LogP contribution in [0.2, 0.25) is 0 Å². The molecule has 110 valence electrons. The molecule has 4 heteroatoms. The van der Waals surface area contributed by atoms with Crippen LogP contribution in [0.15, 0.2) is 30.6 Å². The van der Waals surface area contributed by atoms with E-state index in [1.165, 1.54) is 7.11 Å². The van der Waals surface area contributed by atoms with Crippen LogP contribution >= 0.6 is 0 Å². The lowest BCUT2D eigenvalue weighted by molar-refractivity contribution is -0.232. The maximum Gasteiger partial charge on any atom is 0.157 e. The van der Waals surface area contributed by atoms with E-state index in [1.807, 2.05) is 26.8 Å². The van der Waals surface area contributed by atoms with Gasteiger partial charge in [-0.25, -0.2) is 0 Å². The zero-order valence-electron chi connectivity index (χ0n) is 12.6. The molecule has 0 saturated carbocycles. The van der Waals surface area contributed by atoms with Gasteiger partial charge in [-0.15, -0.1) is 0 Å². The molecule has 0 aliphatic rings. The Balaban J connectivity index is 2.84. The van der Waals surface area contributed by atoms with Gasteiger partial charge in [0.25, 0.3) is 0 Å². The van der Waals surface area contributed by atoms with Crippen LogP contribution in [0.3, 0.4) is 0 Å². The molecule has 1 aromatic rings. The Labute approximate surface area is 120 Å². The number of hydrogen-bond acceptors (Lipinski definition) is 4. The Morgan fingerprint density at radius 2 is 2.05 bits per heavy atom. The molecule has 0 heterocycles. The van der Waals surface area contributed by atoms with Crippen molar-refractivity contribution in [3.8, 4) is 5.75 Å². The van der Waals surface area contributed by atoms with E-state index in [2.05, 4.69) is 11.5 Å². The number of allylic oxidation sites excluding steroid dienone is 1. The van der Waals surface area contributed by atoms with Crippen molar-refractivity contribution in [2.75, 3.05) is 7.11 Å². The molecular formula is C16H23NO3. The molecule has 20 heavy (non-hydrogen) atoms. The second kappa shape index (κ2) is 7.12. The van der Waals surface area contributed by atoms with Crippen LogP contribution in [0, 0.1) is 20.8 Å². The van der Waals surface area contributed by atoms with Crippen molar-refractivity contribution in [2.24, 2.45) is 5.73 Å². The summed E-state index contributed by atoms with van der Waals surface area (Å²) in [6, 6.07) is 1.62. The fourth-order valence-corrected chi connectivity index (χ4v) is 2.10. The quantitative estimate of drug-likeness (QED) is 0.363. The smallest absolute Gasteiger partial charge is 0.157 e. The summed E-state index contributed by atoms with van der Waals surface area (Å²) in [6.45, 7) is 9.55. The van der Waals surface area contributed by atoms with Gasteiger partial charge in [-0.1, -0.05) is 12.7 Å². The normalized spacial score (nSPS) is 12.7. The molecule has 0 amide bonds. The highest BCUT2D eigenvalue weighted by molar-refractivity contribution is 5.47. The summed E-state index contributed by atoms with van der Waals surface area (Å²) in [6.07, 6.45) is 4.20. The molecule has 1 aromatic carbocycles. The van der Waals surface area contributed by atoms with E-state index in [1.54, 1.807) is 12.1 Å². The van der Waals surface area contributed by atoms with Crippen molar-refractivity contribution in [2.45, 2.75) is 33.2 Å². The van der Waals surface area contributed by atoms with Crippen molar-refractivity contribution in [3.05, 3.63) is 52.8 Å². The number of phenolic OH excluding ortho intramolecular Hbond substituents is 1. The van der Waals surface area contributed by atoms with Crippen LogP contribution in [0.25, 0.3) is 0 Å². The second-order valence-corrected chi connectivity index (χ2v) is 4.88. The van der Waals surface area contributed by atoms with E-state index in [-0.39, 0.29) is 6.04 Å². The number of aryl methyl sites for hydroxylation is 1. The largest absolute Gasteiger partial charge is 0.508 e. The van der Waals surface area contributed by atoms with Gasteiger partial charge in [0, 0.05) is 6.04 Å². The van der Waals surface area contributed by atoms with Crippen LogP contribution < -0.4 is 5.73 Å². The fraction of sp³-hybridized carbons (Fsp3) is 0.375.